The molecule has 0 aromatic carbocycles. The van der Waals surface area contributed by atoms with Crippen LogP contribution >= 0.6 is 0 Å². The third-order valence-electron chi connectivity index (χ3n) is 4.30. The molecule has 4 unspecified atom stereocenters. The van der Waals surface area contributed by atoms with Gasteiger partial charge in [0.15, 0.2) is 0 Å². The number of amides is 2. The maximum Gasteiger partial charge on any atom is 0.224 e. The van der Waals surface area contributed by atoms with Crippen molar-refractivity contribution in [3.05, 3.63) is 0 Å². The minimum Gasteiger partial charge on any atom is -0.393 e. The molecule has 108 valence electrons. The molecule has 2 N–H and O–H groups in total. The van der Waals surface area contributed by atoms with E-state index in [0.29, 0.717) is 38.4 Å². The summed E-state index contributed by atoms with van der Waals surface area (Å²) in [5.74, 6) is 0.964. The number of rotatable bonds is 4. The van der Waals surface area contributed by atoms with Crippen LogP contribution in [-0.2, 0) is 9.59 Å². The summed E-state index contributed by atoms with van der Waals surface area (Å²) in [7, 11) is 0. The van der Waals surface area contributed by atoms with Crippen LogP contribution in [0.15, 0.2) is 0 Å². The minimum absolute atomic E-state index is 0.0721. The zero-order chi connectivity index (χ0) is 14.0. The fraction of sp³-hybridized carbons (Fsp3) is 0.857. The molecule has 0 aromatic heterocycles. The summed E-state index contributed by atoms with van der Waals surface area (Å²) in [4.78, 5) is 25.4. The van der Waals surface area contributed by atoms with Gasteiger partial charge in [0.05, 0.1) is 6.10 Å². The second-order valence-electron chi connectivity index (χ2n) is 6.03. The Kier molecular flexibility index (Phi) is 4.45. The van der Waals surface area contributed by atoms with E-state index in [4.69, 9.17) is 0 Å². The highest BCUT2D eigenvalue weighted by molar-refractivity contribution is 5.82. The molecule has 2 rings (SSSR count). The van der Waals surface area contributed by atoms with E-state index < -0.39 is 0 Å². The lowest BCUT2D eigenvalue weighted by atomic mass is 9.96. The lowest BCUT2D eigenvalue weighted by Gasteiger charge is -2.34. The van der Waals surface area contributed by atoms with Gasteiger partial charge < -0.3 is 15.3 Å². The van der Waals surface area contributed by atoms with Crippen molar-refractivity contribution in [3.63, 3.8) is 0 Å². The predicted octanol–water partition coefficient (Wildman–Crippen LogP) is 0.378. The van der Waals surface area contributed by atoms with E-state index in [1.807, 2.05) is 6.92 Å². The normalized spacial score (nSPS) is 33.9. The maximum atomic E-state index is 12.0. The summed E-state index contributed by atoms with van der Waals surface area (Å²) in [6, 6.07) is 0. The van der Waals surface area contributed by atoms with Gasteiger partial charge in [-0.1, -0.05) is 13.8 Å². The van der Waals surface area contributed by atoms with Crippen molar-refractivity contribution in [3.8, 4) is 0 Å². The topological polar surface area (TPSA) is 69.6 Å². The molecular weight excluding hydrogens is 244 g/mol. The Morgan fingerprint density at radius 3 is 2.58 bits per heavy atom. The highest BCUT2D eigenvalue weighted by Gasteiger charge is 2.38. The molecule has 5 heteroatoms. The Morgan fingerprint density at radius 2 is 2.00 bits per heavy atom. The van der Waals surface area contributed by atoms with Gasteiger partial charge >= 0.3 is 0 Å². The van der Waals surface area contributed by atoms with Crippen molar-refractivity contribution in [2.24, 2.45) is 17.8 Å². The van der Waals surface area contributed by atoms with Gasteiger partial charge in [-0.05, 0) is 24.7 Å². The van der Waals surface area contributed by atoms with Crippen LogP contribution in [0.3, 0.4) is 0 Å². The number of aliphatic hydroxyl groups is 1. The first-order chi connectivity index (χ1) is 8.99. The molecule has 2 fully saturated rings. The molecule has 1 saturated heterocycles. The summed E-state index contributed by atoms with van der Waals surface area (Å²) in [5.41, 5.74) is 0. The number of hydrogen-bond acceptors (Lipinski definition) is 3. The third kappa shape index (κ3) is 3.69. The molecular formula is C14H24N2O3. The molecule has 4 atom stereocenters. The lowest BCUT2D eigenvalue weighted by Crippen LogP contribution is -2.45. The van der Waals surface area contributed by atoms with E-state index in [9.17, 15) is 14.7 Å². The Hall–Kier alpha value is -1.10. The Balaban J connectivity index is 1.65. The monoisotopic (exact) mass is 268 g/mol. The van der Waals surface area contributed by atoms with Gasteiger partial charge in [0.25, 0.3) is 0 Å². The molecule has 2 amide bonds. The summed E-state index contributed by atoms with van der Waals surface area (Å²) < 4.78 is 0. The molecule has 1 aliphatic carbocycles. The van der Waals surface area contributed by atoms with Crippen LogP contribution in [0, 0.1) is 17.8 Å². The molecule has 1 heterocycles. The van der Waals surface area contributed by atoms with E-state index >= 15 is 0 Å². The minimum atomic E-state index is -0.292. The van der Waals surface area contributed by atoms with E-state index in [1.165, 1.54) is 0 Å². The zero-order valence-corrected chi connectivity index (χ0v) is 11.8. The van der Waals surface area contributed by atoms with Crippen LogP contribution in [0.1, 0.15) is 33.1 Å². The first kappa shape index (κ1) is 14.3. The van der Waals surface area contributed by atoms with Gasteiger partial charge in [-0.15, -0.1) is 0 Å². The van der Waals surface area contributed by atoms with Gasteiger partial charge in [-0.2, -0.15) is 0 Å². The van der Waals surface area contributed by atoms with Crippen molar-refractivity contribution in [1.29, 1.82) is 0 Å². The van der Waals surface area contributed by atoms with Gasteiger partial charge in [-0.25, -0.2) is 0 Å². The van der Waals surface area contributed by atoms with Crippen molar-refractivity contribution >= 4 is 11.8 Å². The predicted molar refractivity (Wildman–Crippen MR) is 71.3 cm³/mol. The second kappa shape index (κ2) is 5.90. The summed E-state index contributed by atoms with van der Waals surface area (Å²) >= 11 is 0. The van der Waals surface area contributed by atoms with Crippen LogP contribution in [-0.4, -0.2) is 47.6 Å². The summed E-state index contributed by atoms with van der Waals surface area (Å²) in [5, 5.41) is 12.5. The van der Waals surface area contributed by atoms with Gasteiger partial charge in [-0.3, -0.25) is 9.59 Å². The maximum absolute atomic E-state index is 12.0. The summed E-state index contributed by atoms with van der Waals surface area (Å²) in [6.07, 6.45) is 1.69. The molecule has 0 spiro atoms. The highest BCUT2D eigenvalue weighted by Crippen LogP contribution is 2.37. The van der Waals surface area contributed by atoms with E-state index in [2.05, 4.69) is 12.2 Å². The number of aliphatic hydroxyl groups excluding tert-OH is 1. The zero-order valence-electron chi connectivity index (χ0n) is 11.8. The number of nitrogens with zero attached hydrogens (tertiary/aromatic N) is 1. The fourth-order valence-corrected chi connectivity index (χ4v) is 2.63. The quantitative estimate of drug-likeness (QED) is 0.774. The van der Waals surface area contributed by atoms with Crippen LogP contribution in [0.2, 0.25) is 0 Å². The molecule has 2 aliphatic rings. The van der Waals surface area contributed by atoms with Crippen LogP contribution in [0.25, 0.3) is 0 Å². The van der Waals surface area contributed by atoms with E-state index in [1.54, 1.807) is 4.90 Å². The first-order valence-electron chi connectivity index (χ1n) is 7.22. The Bertz CT molecular complexity index is 359. The van der Waals surface area contributed by atoms with Crippen molar-refractivity contribution in [1.82, 2.24) is 10.2 Å². The highest BCUT2D eigenvalue weighted by atomic mass is 16.3. The van der Waals surface area contributed by atoms with Crippen LogP contribution < -0.4 is 5.32 Å². The first-order valence-corrected chi connectivity index (χ1v) is 7.22. The average Bonchev–Trinajstić information content (AvgIpc) is 3.09. The van der Waals surface area contributed by atoms with E-state index in [0.717, 1.165) is 6.42 Å². The molecule has 1 aliphatic heterocycles. The van der Waals surface area contributed by atoms with E-state index in [-0.39, 0.29) is 29.8 Å². The van der Waals surface area contributed by atoms with Crippen molar-refractivity contribution in [2.45, 2.75) is 39.2 Å². The van der Waals surface area contributed by atoms with Gasteiger partial charge in [0, 0.05) is 32.0 Å². The average molecular weight is 268 g/mol. The number of carbonyl (C=O) groups excluding carboxylic acids is 2. The smallest absolute Gasteiger partial charge is 0.224 e. The molecule has 1 saturated carbocycles. The van der Waals surface area contributed by atoms with Gasteiger partial charge in [0.2, 0.25) is 11.8 Å². The van der Waals surface area contributed by atoms with Crippen LogP contribution in [0.4, 0.5) is 0 Å². The number of nitrogens with one attached hydrogen (secondary N) is 1. The Labute approximate surface area is 114 Å². The SMILES string of the molecule is CC1CN(C(=O)CCNC(=O)C2CC2C)CCC1O. The third-order valence-corrected chi connectivity index (χ3v) is 4.30. The van der Waals surface area contributed by atoms with Gasteiger partial charge in [0.1, 0.15) is 0 Å². The molecule has 0 aromatic rings. The largest absolute Gasteiger partial charge is 0.393 e. The molecule has 19 heavy (non-hydrogen) atoms. The fourth-order valence-electron chi connectivity index (χ4n) is 2.63. The molecule has 5 nitrogen and oxygen atoms in total. The number of likely N-dealkylation sites (tertiary alicyclic amines) is 1. The molecule has 0 bridgehead atoms. The number of piperidine rings is 1. The standard InChI is InChI=1S/C14H24N2O3/c1-9-7-11(9)14(19)15-5-3-13(18)16-6-4-12(17)10(2)8-16/h9-12,17H,3-8H2,1-2H3,(H,15,19). The van der Waals surface area contributed by atoms with Crippen LogP contribution in [0.5, 0.6) is 0 Å². The number of hydrogen-bond donors (Lipinski definition) is 2. The van der Waals surface area contributed by atoms with Crippen molar-refractivity contribution < 1.29 is 14.7 Å². The lowest BCUT2D eigenvalue weighted by molar-refractivity contribution is -0.134. The Morgan fingerprint density at radius 1 is 1.32 bits per heavy atom. The summed E-state index contributed by atoms with van der Waals surface area (Å²) in [6.45, 7) is 5.69. The van der Waals surface area contributed by atoms with Crippen molar-refractivity contribution in [2.75, 3.05) is 19.6 Å². The second-order valence-corrected chi connectivity index (χ2v) is 6.03. The molecule has 0 radical (unpaired) electrons. The number of carbonyl (C=O) groups is 2.